The molecule has 4 aliphatic heterocycles. The van der Waals surface area contributed by atoms with Gasteiger partial charge in [-0.15, -0.1) is 0 Å². The zero-order valence-electron chi connectivity index (χ0n) is 27.8. The Labute approximate surface area is 313 Å². The minimum atomic E-state index is -3.85. The second kappa shape index (κ2) is 12.0. The van der Waals surface area contributed by atoms with E-state index in [4.69, 9.17) is 28.4 Å². The summed E-state index contributed by atoms with van der Waals surface area (Å²) in [5.74, 6) is -29.8. The first-order chi connectivity index (χ1) is 26.7. The molecular formula is C34H24O23. The molecule has 5 aliphatic rings. The van der Waals surface area contributed by atoms with Gasteiger partial charge in [0.25, 0.3) is 5.79 Å². The quantitative estimate of drug-likeness (QED) is 0.0502. The molecule has 0 spiro atoms. The van der Waals surface area contributed by atoms with Crippen LogP contribution in [0.4, 0.5) is 0 Å². The minimum absolute atomic E-state index is 0.335. The van der Waals surface area contributed by atoms with E-state index in [9.17, 15) is 85.3 Å². The topological polar surface area (TPSA) is 383 Å². The molecule has 3 aromatic carbocycles. The molecule has 1 fully saturated rings. The molecule has 1 saturated heterocycles. The lowest BCUT2D eigenvalue weighted by atomic mass is 9.70. The fourth-order valence-corrected chi connectivity index (χ4v) is 7.23. The highest BCUT2D eigenvalue weighted by atomic mass is 16.7. The van der Waals surface area contributed by atoms with Gasteiger partial charge >= 0.3 is 29.7 Å². The number of hydrogen-bond acceptors (Lipinski definition) is 23. The van der Waals surface area contributed by atoms with E-state index in [0.717, 1.165) is 0 Å². The van der Waals surface area contributed by atoms with E-state index in [1.807, 2.05) is 0 Å². The van der Waals surface area contributed by atoms with Crippen LogP contribution in [0.15, 0.2) is 29.8 Å². The summed E-state index contributed by atoms with van der Waals surface area (Å²) in [4.78, 5) is 68.6. The maximum atomic E-state index is 14.0. The number of hydrogen-bond donors (Lipinski definition) is 12. The third kappa shape index (κ3) is 4.93. The molecule has 57 heavy (non-hydrogen) atoms. The second-order valence-electron chi connectivity index (χ2n) is 13.2. The molecule has 298 valence electrons. The standard InChI is InChI=1S/C34H24O23/c35-10-1-6-15(22(42)19(10)39)16-7(2-11(36)20(40)23(16)43)30(47)56-32-27-24(44)25(13(53-32)5-52-28(6)45)54-31(48)9-4-14(38)34(51)33(49,50)18(9)17-8(29(46)55-27)3-12(37)21(41)26(17)57-34/h1-4,13,18,24-25,27,32,35-37,39-44,49-51H,5H2/t13-,18-,24+,25-,27-,32+,34-/m1/s1. The number of ketones is 1. The average molecular weight is 801 g/mol. The molecule has 0 radical (unpaired) electrons. The maximum absolute atomic E-state index is 14.0. The number of phenolic OH excluding ortho intramolecular Hbond substituents is 8. The normalized spacial score (nSPS) is 28.6. The van der Waals surface area contributed by atoms with E-state index in [1.54, 1.807) is 0 Å². The Bertz CT molecular complexity index is 2430. The molecule has 0 unspecified atom stereocenters. The van der Waals surface area contributed by atoms with Crippen molar-refractivity contribution in [3.8, 4) is 62.9 Å². The molecule has 7 atom stereocenters. The van der Waals surface area contributed by atoms with Crippen molar-refractivity contribution in [1.82, 2.24) is 0 Å². The van der Waals surface area contributed by atoms with Crippen LogP contribution in [0, 0.1) is 0 Å². The van der Waals surface area contributed by atoms with Gasteiger partial charge < -0.3 is 89.7 Å². The van der Waals surface area contributed by atoms with Crippen LogP contribution < -0.4 is 4.74 Å². The first kappa shape index (κ1) is 36.9. The summed E-state index contributed by atoms with van der Waals surface area (Å²) >= 11 is 0. The SMILES string of the molecule is O=C1O[C@H]2[C@H](O)[C@@H](OC(=O)c3cc(O)c(O)c4c3[C@H]3C1=CC(=O)[C@@](O)(O4)C3(O)O)[C@@H]1OC(=O)c3cc(O)c(O)c(O)c3-c3c(cc(O)c(O)c3O)C(=O)OC[C@H]2O1. The highest BCUT2D eigenvalue weighted by Gasteiger charge is 2.70. The zero-order valence-corrected chi connectivity index (χ0v) is 27.8. The summed E-state index contributed by atoms with van der Waals surface area (Å²) in [6.45, 7) is -1.14. The highest BCUT2D eigenvalue weighted by Crippen LogP contribution is 2.58. The molecule has 4 heterocycles. The summed E-state index contributed by atoms with van der Waals surface area (Å²) in [6.07, 6.45) is -11.0. The van der Waals surface area contributed by atoms with Gasteiger partial charge in [-0.3, -0.25) is 4.79 Å². The molecule has 0 aromatic heterocycles. The van der Waals surface area contributed by atoms with Gasteiger partial charge in [-0.25, -0.2) is 19.2 Å². The Morgan fingerprint density at radius 3 is 1.75 bits per heavy atom. The minimum Gasteiger partial charge on any atom is -0.504 e. The molecule has 3 aromatic rings. The third-order valence-corrected chi connectivity index (χ3v) is 10.0. The predicted octanol–water partition coefficient (Wildman–Crippen LogP) is -2.08. The van der Waals surface area contributed by atoms with Gasteiger partial charge in [0, 0.05) is 16.7 Å². The molecule has 23 nitrogen and oxygen atoms in total. The molecule has 0 amide bonds. The van der Waals surface area contributed by atoms with Crippen molar-refractivity contribution in [2.75, 3.05) is 6.61 Å². The fourth-order valence-electron chi connectivity index (χ4n) is 7.23. The number of carbonyl (C=O) groups is 5. The van der Waals surface area contributed by atoms with Crippen LogP contribution >= 0.6 is 0 Å². The van der Waals surface area contributed by atoms with Gasteiger partial charge in [-0.2, -0.15) is 0 Å². The van der Waals surface area contributed by atoms with Crippen molar-refractivity contribution in [3.05, 3.63) is 52.1 Å². The highest BCUT2D eigenvalue weighted by molar-refractivity contribution is 6.10. The van der Waals surface area contributed by atoms with Gasteiger partial charge in [-0.05, 0) is 24.3 Å². The number of fused-ring (bicyclic) bond motifs is 10. The third-order valence-electron chi connectivity index (χ3n) is 10.0. The number of aliphatic hydroxyl groups excluding tert-OH is 1. The molecule has 23 heteroatoms. The van der Waals surface area contributed by atoms with Crippen molar-refractivity contribution in [3.63, 3.8) is 0 Å². The van der Waals surface area contributed by atoms with Crippen molar-refractivity contribution >= 4 is 29.7 Å². The van der Waals surface area contributed by atoms with E-state index in [0.29, 0.717) is 24.3 Å². The van der Waals surface area contributed by atoms with Crippen molar-refractivity contribution in [2.24, 2.45) is 0 Å². The molecule has 6 bridgehead atoms. The number of carbonyl (C=O) groups excluding carboxylic acids is 5. The number of aromatic hydroxyl groups is 8. The van der Waals surface area contributed by atoms with E-state index in [1.165, 1.54) is 0 Å². The lowest BCUT2D eigenvalue weighted by molar-refractivity contribution is -0.339. The molecule has 8 rings (SSSR count). The Kier molecular flexibility index (Phi) is 7.75. The first-order valence-electron chi connectivity index (χ1n) is 16.1. The van der Waals surface area contributed by atoms with E-state index >= 15 is 0 Å². The van der Waals surface area contributed by atoms with Crippen molar-refractivity contribution < 1.29 is 114 Å². The number of phenols is 8. The van der Waals surface area contributed by atoms with Gasteiger partial charge in [0.2, 0.25) is 29.3 Å². The van der Waals surface area contributed by atoms with Crippen LogP contribution in [0.25, 0.3) is 11.1 Å². The average Bonchev–Trinajstić information content (AvgIpc) is 3.15. The Hall–Kier alpha value is -7.05. The maximum Gasteiger partial charge on any atom is 0.341 e. The molecule has 0 saturated carbocycles. The number of aliphatic hydroxyl groups is 4. The number of benzene rings is 3. The largest absolute Gasteiger partial charge is 0.504 e. The van der Waals surface area contributed by atoms with Crippen LogP contribution in [0.1, 0.15) is 42.6 Å². The van der Waals surface area contributed by atoms with Crippen LogP contribution in [-0.4, -0.2) is 140 Å². The van der Waals surface area contributed by atoms with Crippen LogP contribution in [0.2, 0.25) is 0 Å². The summed E-state index contributed by atoms with van der Waals surface area (Å²) in [6, 6.07) is 1.42. The smallest absolute Gasteiger partial charge is 0.341 e. The van der Waals surface area contributed by atoms with E-state index < -0.39 is 175 Å². The fraction of sp³-hybridized carbons (Fsp3) is 0.265. The predicted molar refractivity (Wildman–Crippen MR) is 170 cm³/mol. The first-order valence-corrected chi connectivity index (χ1v) is 16.1. The van der Waals surface area contributed by atoms with Gasteiger partial charge in [0.15, 0.2) is 46.7 Å². The number of ether oxygens (including phenoxy) is 6. The number of rotatable bonds is 0. The van der Waals surface area contributed by atoms with Gasteiger partial charge in [-0.1, -0.05) is 0 Å². The Morgan fingerprint density at radius 1 is 0.614 bits per heavy atom. The van der Waals surface area contributed by atoms with Crippen LogP contribution in [0.5, 0.6) is 51.7 Å². The summed E-state index contributed by atoms with van der Waals surface area (Å²) in [5, 5.41) is 129. The summed E-state index contributed by atoms with van der Waals surface area (Å²) in [7, 11) is 0. The number of cyclic esters (lactones) is 1. The summed E-state index contributed by atoms with van der Waals surface area (Å²) in [5.41, 5.74) is -6.89. The van der Waals surface area contributed by atoms with E-state index in [-0.39, 0.29) is 0 Å². The zero-order chi connectivity index (χ0) is 41.4. The van der Waals surface area contributed by atoms with Gasteiger partial charge in [0.1, 0.15) is 18.8 Å². The lowest BCUT2D eigenvalue weighted by Crippen LogP contribution is -2.70. The molecule has 1 aliphatic carbocycles. The number of esters is 4. The van der Waals surface area contributed by atoms with Crippen molar-refractivity contribution in [1.29, 1.82) is 0 Å². The van der Waals surface area contributed by atoms with Crippen molar-refractivity contribution in [2.45, 2.75) is 48.2 Å². The van der Waals surface area contributed by atoms with E-state index in [2.05, 4.69) is 0 Å². The molecular weight excluding hydrogens is 776 g/mol. The lowest BCUT2D eigenvalue weighted by Gasteiger charge is -2.49. The van der Waals surface area contributed by atoms with Crippen LogP contribution in [-0.2, 0) is 33.3 Å². The van der Waals surface area contributed by atoms with Crippen LogP contribution in [0.3, 0.4) is 0 Å². The second-order valence-corrected chi connectivity index (χ2v) is 13.2. The Morgan fingerprint density at radius 2 is 1.14 bits per heavy atom. The Balaban J connectivity index is 1.33. The summed E-state index contributed by atoms with van der Waals surface area (Å²) < 4.78 is 32.3. The molecule has 12 N–H and O–H groups in total. The monoisotopic (exact) mass is 800 g/mol. The van der Waals surface area contributed by atoms with Gasteiger partial charge in [0.05, 0.1) is 28.2 Å².